The van der Waals surface area contributed by atoms with Gasteiger partial charge in [0.25, 0.3) is 0 Å². The maximum atomic E-state index is 10.6. The minimum atomic E-state index is 0. The number of carbonyl (C=O) groups is 1. The number of rotatable bonds is 0. The van der Waals surface area contributed by atoms with E-state index in [1.165, 1.54) is 32.1 Å². The predicted octanol–water partition coefficient (Wildman–Crippen LogP) is 5.63. The van der Waals surface area contributed by atoms with Crippen LogP contribution in [0.3, 0.4) is 0 Å². The molecule has 2 aliphatic rings. The summed E-state index contributed by atoms with van der Waals surface area (Å²) < 4.78 is 0. The minimum absolute atomic E-state index is 0. The van der Waals surface area contributed by atoms with Gasteiger partial charge in [0.15, 0.2) is 0 Å². The number of hydrogen-bond acceptors (Lipinski definition) is 1. The fourth-order valence-corrected chi connectivity index (χ4v) is 2.56. The number of ketones is 1. The van der Waals surface area contributed by atoms with Crippen molar-refractivity contribution < 1.29 is 4.79 Å². The molecule has 0 aromatic carbocycles. The Morgan fingerprint density at radius 1 is 1.11 bits per heavy atom. The van der Waals surface area contributed by atoms with Crippen molar-refractivity contribution in [2.75, 3.05) is 0 Å². The topological polar surface area (TPSA) is 17.1 Å². The van der Waals surface area contributed by atoms with Crippen molar-refractivity contribution in [3.8, 4) is 12.3 Å². The van der Waals surface area contributed by atoms with Gasteiger partial charge in [-0.25, -0.2) is 0 Å². The Labute approximate surface area is 121 Å². The van der Waals surface area contributed by atoms with Crippen LogP contribution in [0.5, 0.6) is 0 Å². The van der Waals surface area contributed by atoms with E-state index in [9.17, 15) is 4.79 Å². The first-order valence-corrected chi connectivity index (χ1v) is 7.05. The van der Waals surface area contributed by atoms with E-state index in [2.05, 4.69) is 19.8 Å². The first-order valence-electron chi connectivity index (χ1n) is 7.05. The molecule has 0 aliphatic heterocycles. The summed E-state index contributed by atoms with van der Waals surface area (Å²) >= 11 is 0. The normalized spacial score (nSPS) is 21.8. The zero-order valence-electron chi connectivity index (χ0n) is 11.4. The molecule has 1 nitrogen and oxygen atoms in total. The van der Waals surface area contributed by atoms with Crippen LogP contribution in [0.25, 0.3) is 0 Å². The van der Waals surface area contributed by atoms with E-state index >= 15 is 0 Å². The van der Waals surface area contributed by atoms with E-state index in [4.69, 9.17) is 6.42 Å². The van der Waals surface area contributed by atoms with Crippen LogP contribution in [0.4, 0.5) is 0 Å². The summed E-state index contributed by atoms with van der Waals surface area (Å²) in [6.45, 7) is 4.42. The largest absolute Gasteiger partial charge is 0.300 e. The van der Waals surface area contributed by atoms with Crippen LogP contribution in [0.1, 0.15) is 86.5 Å². The molecule has 112 valence electrons. The minimum Gasteiger partial charge on any atom is -0.300 e. The second-order valence-electron chi connectivity index (χ2n) is 5.99. The van der Waals surface area contributed by atoms with E-state index in [-0.39, 0.29) is 20.3 Å². The van der Waals surface area contributed by atoms with E-state index in [1.807, 2.05) is 0 Å². The quantitative estimate of drug-likeness (QED) is 0.519. The lowest BCUT2D eigenvalue weighted by Crippen LogP contribution is -2.16. The number of terminal acetylenes is 1. The number of carbonyl (C=O) groups excluding carboxylic acids is 1. The van der Waals surface area contributed by atoms with Crippen molar-refractivity contribution >= 4 is 5.78 Å². The van der Waals surface area contributed by atoms with E-state index in [0.29, 0.717) is 5.78 Å². The first kappa shape index (κ1) is 20.5. The van der Waals surface area contributed by atoms with Gasteiger partial charge in [-0.2, -0.15) is 0 Å². The molecule has 0 amide bonds. The molecule has 2 aliphatic carbocycles. The Hall–Kier alpha value is -0.770. The lowest BCUT2D eigenvalue weighted by atomic mass is 9.77. The third-order valence-corrected chi connectivity index (χ3v) is 4.14. The van der Waals surface area contributed by atoms with Gasteiger partial charge < -0.3 is 0 Å². The van der Waals surface area contributed by atoms with Crippen molar-refractivity contribution in [2.24, 2.45) is 11.3 Å². The molecule has 2 rings (SSSR count). The molecule has 0 spiro atoms. The van der Waals surface area contributed by atoms with Crippen molar-refractivity contribution in [3.63, 3.8) is 0 Å². The van der Waals surface area contributed by atoms with Crippen molar-refractivity contribution in [2.45, 2.75) is 86.5 Å². The summed E-state index contributed by atoms with van der Waals surface area (Å²) in [4.78, 5) is 10.6. The van der Waals surface area contributed by atoms with E-state index in [1.54, 1.807) is 0 Å². The lowest BCUT2D eigenvalue weighted by Gasteiger charge is -2.27. The van der Waals surface area contributed by atoms with Gasteiger partial charge in [0.2, 0.25) is 0 Å². The Kier molecular flexibility index (Phi) is 10.9. The number of hydrogen-bond donors (Lipinski definition) is 0. The van der Waals surface area contributed by atoms with Crippen LogP contribution in [0, 0.1) is 23.7 Å². The van der Waals surface area contributed by atoms with Gasteiger partial charge in [0.1, 0.15) is 5.78 Å². The molecule has 0 heterocycles. The fourth-order valence-electron chi connectivity index (χ4n) is 2.56. The molecule has 0 saturated heterocycles. The second kappa shape index (κ2) is 10.1. The van der Waals surface area contributed by atoms with Gasteiger partial charge in [0, 0.05) is 18.3 Å². The molecular formula is C18H34O. The summed E-state index contributed by atoms with van der Waals surface area (Å²) in [6, 6.07) is 0. The lowest BCUT2D eigenvalue weighted by molar-refractivity contribution is -0.120. The highest BCUT2D eigenvalue weighted by molar-refractivity contribution is 5.78. The third kappa shape index (κ3) is 8.09. The summed E-state index contributed by atoms with van der Waals surface area (Å²) in [5.41, 5.74) is 0.248. The summed E-state index contributed by atoms with van der Waals surface area (Å²) in [6.07, 6.45) is 15.8. The van der Waals surface area contributed by atoms with E-state index in [0.717, 1.165) is 31.6 Å². The van der Waals surface area contributed by atoms with Crippen LogP contribution in [0.2, 0.25) is 0 Å². The molecule has 0 unspecified atom stereocenters. The standard InChI is InChI=1S/C9H14.C7H12O.2CH4/c1-3-9(2)7-5-4-6-8-9;1-6-2-4-7(8)5-3-6;;/h1H,4-8H2,2H3;6H,2-5H2,1H3;2*1H4. The van der Waals surface area contributed by atoms with Crippen LogP contribution < -0.4 is 0 Å². The van der Waals surface area contributed by atoms with Crippen LogP contribution in [-0.4, -0.2) is 5.78 Å². The van der Waals surface area contributed by atoms with Crippen molar-refractivity contribution in [1.82, 2.24) is 0 Å². The number of Topliss-reactive ketones (excluding diaryl/α,β-unsaturated/α-hetero) is 1. The van der Waals surface area contributed by atoms with Gasteiger partial charge in [-0.1, -0.05) is 41.0 Å². The van der Waals surface area contributed by atoms with Crippen molar-refractivity contribution in [1.29, 1.82) is 0 Å². The molecular weight excluding hydrogens is 232 g/mol. The van der Waals surface area contributed by atoms with Crippen LogP contribution >= 0.6 is 0 Å². The molecule has 0 aromatic heterocycles. The van der Waals surface area contributed by atoms with Gasteiger partial charge in [0.05, 0.1) is 0 Å². The van der Waals surface area contributed by atoms with Gasteiger partial charge in [-0.05, 0) is 38.5 Å². The highest BCUT2D eigenvalue weighted by Crippen LogP contribution is 2.34. The van der Waals surface area contributed by atoms with Gasteiger partial charge in [-0.15, -0.1) is 12.3 Å². The highest BCUT2D eigenvalue weighted by atomic mass is 16.1. The molecule has 19 heavy (non-hydrogen) atoms. The van der Waals surface area contributed by atoms with Gasteiger partial charge in [-0.3, -0.25) is 4.79 Å². The summed E-state index contributed by atoms with van der Waals surface area (Å²) in [5, 5.41) is 0. The highest BCUT2D eigenvalue weighted by Gasteiger charge is 2.23. The second-order valence-corrected chi connectivity index (χ2v) is 5.99. The molecule has 0 N–H and O–H groups in total. The third-order valence-electron chi connectivity index (χ3n) is 4.14. The summed E-state index contributed by atoms with van der Waals surface area (Å²) in [7, 11) is 0. The average Bonchev–Trinajstić information content (AvgIpc) is 2.35. The smallest absolute Gasteiger partial charge is 0.132 e. The first-order chi connectivity index (χ1) is 8.06. The monoisotopic (exact) mass is 266 g/mol. The van der Waals surface area contributed by atoms with E-state index < -0.39 is 0 Å². The fraction of sp³-hybridized carbons (Fsp3) is 0.833. The Balaban J connectivity index is 0. The average molecular weight is 266 g/mol. The zero-order valence-corrected chi connectivity index (χ0v) is 11.4. The Bertz CT molecular complexity index is 269. The zero-order chi connectivity index (χ0) is 12.7. The molecule has 2 fully saturated rings. The maximum Gasteiger partial charge on any atom is 0.132 e. The van der Waals surface area contributed by atoms with Crippen molar-refractivity contribution in [3.05, 3.63) is 0 Å². The molecule has 2 saturated carbocycles. The molecule has 1 heteroatoms. The molecule has 0 radical (unpaired) electrons. The van der Waals surface area contributed by atoms with Crippen LogP contribution in [-0.2, 0) is 4.79 Å². The van der Waals surface area contributed by atoms with Gasteiger partial charge >= 0.3 is 0 Å². The Morgan fingerprint density at radius 3 is 1.89 bits per heavy atom. The molecule has 0 atom stereocenters. The Morgan fingerprint density at radius 2 is 1.58 bits per heavy atom. The summed E-state index contributed by atoms with van der Waals surface area (Å²) in [5.74, 6) is 4.14. The van der Waals surface area contributed by atoms with Crippen LogP contribution in [0.15, 0.2) is 0 Å². The SMILES string of the molecule is C.C.C#CC1(C)CCCCC1.CC1CCC(=O)CC1. The maximum absolute atomic E-state index is 10.6. The molecule has 0 bridgehead atoms. The molecule has 0 aromatic rings. The predicted molar refractivity (Wildman–Crippen MR) is 86.1 cm³/mol.